The van der Waals surface area contributed by atoms with Crippen molar-refractivity contribution >= 4 is 29.2 Å². The molecule has 0 atom stereocenters. The third kappa shape index (κ3) is 7.36. The van der Waals surface area contributed by atoms with Crippen LogP contribution < -0.4 is 43.7 Å². The number of hydrogen-bond acceptors (Lipinski definition) is 5. The Labute approximate surface area is 184 Å². The molecule has 142 valence electrons. The summed E-state index contributed by atoms with van der Waals surface area (Å²) in [7, 11) is 0. The second-order valence-electron chi connectivity index (χ2n) is 4.56. The van der Waals surface area contributed by atoms with Crippen molar-refractivity contribution in [1.82, 2.24) is 0 Å². The first-order valence-electron chi connectivity index (χ1n) is 6.83. The third-order valence-electron chi connectivity index (χ3n) is 2.91. The summed E-state index contributed by atoms with van der Waals surface area (Å²) in [5, 5.41) is 10.7. The van der Waals surface area contributed by atoms with E-state index in [4.69, 9.17) is 25.7 Å². The van der Waals surface area contributed by atoms with E-state index in [1.165, 1.54) is 18.2 Å². The number of halogens is 5. The summed E-state index contributed by atoms with van der Waals surface area (Å²) in [5.41, 5.74) is -1.15. The molecule has 0 saturated heterocycles. The molecule has 0 N–H and O–H groups in total. The number of ether oxygens (including phenoxy) is 2. The van der Waals surface area contributed by atoms with Gasteiger partial charge < -0.3 is 14.1 Å². The van der Waals surface area contributed by atoms with Crippen molar-refractivity contribution in [2.75, 3.05) is 6.61 Å². The van der Waals surface area contributed by atoms with Crippen LogP contribution in [0.3, 0.4) is 0 Å². The van der Waals surface area contributed by atoms with E-state index in [0.717, 1.165) is 18.2 Å². The summed E-state index contributed by atoms with van der Waals surface area (Å²) >= 11 is 9.19. The molecule has 0 aliphatic carbocycles. The van der Waals surface area contributed by atoms with E-state index in [2.05, 4.69) is 11.9 Å². The number of hydrogen-bond donors (Lipinski definition) is 0. The average molecular weight is 436 g/mol. The fraction of sp³-hybridized carbons (Fsp3) is 0.200. The van der Waals surface area contributed by atoms with Gasteiger partial charge in [0.15, 0.2) is 0 Å². The molecule has 0 aromatic heterocycles. The van der Waals surface area contributed by atoms with Crippen molar-refractivity contribution in [3.8, 4) is 17.2 Å². The number of rotatable bonds is 5. The first-order chi connectivity index (χ1) is 12.2. The second-order valence-corrected chi connectivity index (χ2v) is 4.97. The van der Waals surface area contributed by atoms with E-state index >= 15 is 0 Å². The summed E-state index contributed by atoms with van der Waals surface area (Å²) in [5.74, 6) is 0.120. The largest absolute Gasteiger partial charge is 1.00 e. The minimum Gasteiger partial charge on any atom is -0.769 e. The molecule has 0 aliphatic heterocycles. The van der Waals surface area contributed by atoms with Gasteiger partial charge in [-0.15, -0.1) is 0 Å². The van der Waals surface area contributed by atoms with Crippen molar-refractivity contribution in [2.45, 2.75) is 13.1 Å². The Morgan fingerprint density at radius 1 is 1.11 bits per heavy atom. The van der Waals surface area contributed by atoms with Crippen LogP contribution in [-0.4, -0.2) is 11.5 Å². The maximum absolute atomic E-state index is 12.6. The first-order valence-corrected chi connectivity index (χ1v) is 7.52. The average Bonchev–Trinajstić information content (AvgIpc) is 2.58. The molecule has 27 heavy (non-hydrogen) atoms. The Bertz CT molecular complexity index is 778. The van der Waals surface area contributed by atoms with E-state index in [1.54, 1.807) is 6.92 Å². The van der Waals surface area contributed by atoms with Crippen molar-refractivity contribution < 1.29 is 61.8 Å². The standard InChI is InChI=1S/C15H11ClF3NO4.ClO.Na/c1-2-23-14-8-10(4-5-12(14)20(21)22)24-13-6-3-9(7-11(13)16)15(17,18)19;1-2;/h3-8H,2H2,1H3;;/q;-1;+1. The van der Waals surface area contributed by atoms with Gasteiger partial charge in [-0.3, -0.25) is 10.1 Å². The van der Waals surface area contributed by atoms with Crippen LogP contribution in [0.15, 0.2) is 36.4 Å². The molecule has 12 heteroatoms. The first kappa shape index (κ1) is 25.8. The van der Waals surface area contributed by atoms with Gasteiger partial charge in [-0.2, -0.15) is 13.2 Å². The number of nitro benzene ring substituents is 1. The summed E-state index contributed by atoms with van der Waals surface area (Å²) in [6, 6.07) is 6.40. The maximum Gasteiger partial charge on any atom is 1.00 e. The molecule has 2 aromatic carbocycles. The smallest absolute Gasteiger partial charge is 0.769 e. The van der Waals surface area contributed by atoms with Gasteiger partial charge in [-0.1, -0.05) is 11.6 Å². The van der Waals surface area contributed by atoms with Gasteiger partial charge >= 0.3 is 41.4 Å². The Kier molecular flexibility index (Phi) is 11.0. The van der Waals surface area contributed by atoms with Crippen LogP contribution in [0.2, 0.25) is 5.02 Å². The van der Waals surface area contributed by atoms with E-state index in [-0.39, 0.29) is 64.1 Å². The number of alkyl halides is 3. The van der Waals surface area contributed by atoms with E-state index in [1.807, 2.05) is 0 Å². The molecule has 0 heterocycles. The van der Waals surface area contributed by atoms with Gasteiger partial charge in [-0.05, 0) is 31.2 Å². The Hall–Kier alpha value is -1.23. The van der Waals surface area contributed by atoms with Crippen LogP contribution in [0.25, 0.3) is 0 Å². The van der Waals surface area contributed by atoms with Crippen LogP contribution >= 0.6 is 23.5 Å². The normalized spacial score (nSPS) is 10.2. The number of benzene rings is 2. The van der Waals surface area contributed by atoms with Crippen LogP contribution in [0.4, 0.5) is 18.9 Å². The second kappa shape index (κ2) is 11.6. The molecule has 0 fully saturated rings. The Balaban J connectivity index is 0.00000218. The molecule has 0 spiro atoms. The predicted molar refractivity (Wildman–Crippen MR) is 86.6 cm³/mol. The zero-order valence-corrected chi connectivity index (χ0v) is 17.6. The molecular weight excluding hydrogens is 425 g/mol. The van der Waals surface area contributed by atoms with Gasteiger partial charge in [0.05, 0.1) is 22.1 Å². The van der Waals surface area contributed by atoms with Crippen molar-refractivity contribution in [1.29, 1.82) is 0 Å². The Morgan fingerprint density at radius 3 is 2.22 bits per heavy atom. The molecule has 2 aromatic rings. The minimum atomic E-state index is -4.52. The topological polar surface area (TPSA) is 84.7 Å². The fourth-order valence-electron chi connectivity index (χ4n) is 1.87. The van der Waals surface area contributed by atoms with Gasteiger partial charge in [0, 0.05) is 12.1 Å². The summed E-state index contributed by atoms with van der Waals surface area (Å²) in [4.78, 5) is 10.3. The number of nitrogens with zero attached hydrogens (tertiary/aromatic N) is 1. The molecular formula is C15H11Cl2F3NNaO5. The fourth-order valence-corrected chi connectivity index (χ4v) is 2.09. The monoisotopic (exact) mass is 435 g/mol. The minimum absolute atomic E-state index is 0. The maximum atomic E-state index is 12.6. The van der Waals surface area contributed by atoms with Crippen molar-refractivity contribution in [2.24, 2.45) is 0 Å². The SMILES string of the molecule is CCOc1cc(Oc2ccc(C(F)(F)F)cc2Cl)ccc1[N+](=O)[O-].[Na+].[O-]Cl. The molecule has 0 aliphatic rings. The summed E-state index contributed by atoms with van der Waals surface area (Å²) < 4.78 is 56.1. The molecule has 0 unspecified atom stereocenters. The van der Waals surface area contributed by atoms with Gasteiger partial charge in [0.1, 0.15) is 11.5 Å². The molecule has 0 amide bonds. The van der Waals surface area contributed by atoms with Gasteiger partial charge in [0.2, 0.25) is 5.75 Å². The van der Waals surface area contributed by atoms with Gasteiger partial charge in [0.25, 0.3) is 0 Å². The molecule has 2 rings (SSSR count). The molecule has 0 bridgehead atoms. The van der Waals surface area contributed by atoms with Crippen LogP contribution in [-0.2, 0) is 6.18 Å². The van der Waals surface area contributed by atoms with E-state index in [0.29, 0.717) is 0 Å². The van der Waals surface area contributed by atoms with E-state index in [9.17, 15) is 23.3 Å². The molecule has 0 saturated carbocycles. The van der Waals surface area contributed by atoms with Crippen LogP contribution in [0.1, 0.15) is 12.5 Å². The zero-order chi connectivity index (χ0) is 19.9. The van der Waals surface area contributed by atoms with Crippen LogP contribution in [0, 0.1) is 10.1 Å². The number of nitro groups is 1. The van der Waals surface area contributed by atoms with Gasteiger partial charge in [-0.25, -0.2) is 11.9 Å². The van der Waals surface area contributed by atoms with Crippen molar-refractivity contribution in [3.63, 3.8) is 0 Å². The Morgan fingerprint density at radius 2 is 1.74 bits per heavy atom. The van der Waals surface area contributed by atoms with Crippen molar-refractivity contribution in [3.05, 3.63) is 57.1 Å². The summed E-state index contributed by atoms with van der Waals surface area (Å²) in [6.07, 6.45) is -4.52. The predicted octanol–water partition coefficient (Wildman–Crippen LogP) is 1.96. The molecule has 0 radical (unpaired) electrons. The zero-order valence-electron chi connectivity index (χ0n) is 14.0. The summed E-state index contributed by atoms with van der Waals surface area (Å²) in [6.45, 7) is 1.86. The van der Waals surface area contributed by atoms with Crippen LogP contribution in [0.5, 0.6) is 17.2 Å². The van der Waals surface area contributed by atoms with E-state index < -0.39 is 16.7 Å². The third-order valence-corrected chi connectivity index (χ3v) is 3.21. The molecule has 6 nitrogen and oxygen atoms in total. The quantitative estimate of drug-likeness (QED) is 0.407.